The molecule has 2 heterocycles. The average Bonchev–Trinajstić information content (AvgIpc) is 2.71. The predicted molar refractivity (Wildman–Crippen MR) is 108 cm³/mol. The molecule has 1 saturated heterocycles. The van der Waals surface area contributed by atoms with Crippen LogP contribution < -0.4 is 5.56 Å². The van der Waals surface area contributed by atoms with E-state index in [1.165, 1.54) is 43.0 Å². The zero-order valence-corrected chi connectivity index (χ0v) is 16.3. The lowest BCUT2D eigenvalue weighted by molar-refractivity contribution is -0.137. The lowest BCUT2D eigenvalue weighted by atomic mass is 9.86. The number of amides is 1. The van der Waals surface area contributed by atoms with E-state index in [0.717, 1.165) is 0 Å². The van der Waals surface area contributed by atoms with Crippen LogP contribution in [0.5, 0.6) is 0 Å². The van der Waals surface area contributed by atoms with E-state index >= 15 is 0 Å². The van der Waals surface area contributed by atoms with E-state index in [1.54, 1.807) is 6.07 Å². The number of hydrogen-bond acceptors (Lipinski definition) is 4. The number of piperidine rings is 1. The molecule has 2 fully saturated rings. The normalized spacial score (nSPS) is 20.4. The minimum absolute atomic E-state index is 0.130. The smallest absolute Gasteiger partial charge is 0.261 e. The summed E-state index contributed by atoms with van der Waals surface area (Å²) in [6.07, 6.45) is 9.26. The van der Waals surface area contributed by atoms with Crippen LogP contribution in [0.2, 0.25) is 0 Å². The largest absolute Gasteiger partial charge is 0.388 e. The Hall–Kier alpha value is -2.21. The molecule has 150 valence electrons. The number of benzene rings is 1. The highest BCUT2D eigenvalue weighted by molar-refractivity contribution is 5.77. The molecule has 1 N–H and O–H groups in total. The Morgan fingerprint density at radius 3 is 2.61 bits per heavy atom. The molecule has 2 aromatic rings. The van der Waals surface area contributed by atoms with E-state index in [1.807, 2.05) is 23.1 Å². The molecule has 6 heteroatoms. The molecule has 0 unspecified atom stereocenters. The maximum atomic E-state index is 12.7. The van der Waals surface area contributed by atoms with Crippen LogP contribution in [0.1, 0.15) is 51.4 Å². The Balaban J connectivity index is 1.38. The Morgan fingerprint density at radius 2 is 1.86 bits per heavy atom. The molecule has 1 aromatic heterocycles. The third kappa shape index (κ3) is 4.12. The fourth-order valence-electron chi connectivity index (χ4n) is 4.63. The van der Waals surface area contributed by atoms with Crippen LogP contribution in [0, 0.1) is 5.92 Å². The topological polar surface area (TPSA) is 75.4 Å². The quantitative estimate of drug-likeness (QED) is 0.881. The molecule has 6 nitrogen and oxygen atoms in total. The lowest BCUT2D eigenvalue weighted by Crippen LogP contribution is -2.50. The van der Waals surface area contributed by atoms with Gasteiger partial charge in [0.2, 0.25) is 5.91 Å². The van der Waals surface area contributed by atoms with Gasteiger partial charge in [0.05, 0.1) is 29.4 Å². The molecule has 2 aliphatic rings. The number of aliphatic hydroxyl groups is 1. The number of para-hydroxylation sites is 1. The van der Waals surface area contributed by atoms with Crippen LogP contribution in [-0.4, -0.2) is 44.2 Å². The zero-order valence-electron chi connectivity index (χ0n) is 16.3. The molecular formula is C22H29N3O3. The van der Waals surface area contributed by atoms with Gasteiger partial charge in [0.15, 0.2) is 0 Å². The van der Waals surface area contributed by atoms with E-state index < -0.39 is 5.60 Å². The highest BCUT2D eigenvalue weighted by Crippen LogP contribution is 2.29. The monoisotopic (exact) mass is 383 g/mol. The van der Waals surface area contributed by atoms with Crippen molar-refractivity contribution in [3.63, 3.8) is 0 Å². The highest BCUT2D eigenvalue weighted by Gasteiger charge is 2.35. The number of carbonyl (C=O) groups is 1. The van der Waals surface area contributed by atoms with E-state index in [-0.39, 0.29) is 18.0 Å². The molecule has 4 rings (SSSR count). The summed E-state index contributed by atoms with van der Waals surface area (Å²) in [5.41, 5.74) is -0.441. The first kappa shape index (κ1) is 19.1. The summed E-state index contributed by atoms with van der Waals surface area (Å²) in [5.74, 6) is 0.753. The standard InChI is InChI=1S/C22H29N3O3/c26-20(14-17-6-2-1-3-7-17)24-12-10-22(28,11-13-24)15-25-16-23-19-9-5-4-8-18(19)21(25)27/h4-5,8-9,16-17,28H,1-3,6-7,10-15H2. The summed E-state index contributed by atoms with van der Waals surface area (Å²) in [5, 5.41) is 11.6. The van der Waals surface area contributed by atoms with Crippen molar-refractivity contribution >= 4 is 16.8 Å². The number of likely N-dealkylation sites (tertiary alicyclic amines) is 1. The highest BCUT2D eigenvalue weighted by atomic mass is 16.3. The van der Waals surface area contributed by atoms with Crippen molar-refractivity contribution in [3.8, 4) is 0 Å². The van der Waals surface area contributed by atoms with Gasteiger partial charge >= 0.3 is 0 Å². The van der Waals surface area contributed by atoms with Gasteiger partial charge in [-0.15, -0.1) is 0 Å². The first-order valence-corrected chi connectivity index (χ1v) is 10.5. The van der Waals surface area contributed by atoms with Crippen LogP contribution in [0.3, 0.4) is 0 Å². The Kier molecular flexibility index (Phi) is 5.49. The third-order valence-electron chi connectivity index (χ3n) is 6.43. The maximum Gasteiger partial charge on any atom is 0.261 e. The second-order valence-electron chi connectivity index (χ2n) is 8.51. The van der Waals surface area contributed by atoms with Crippen molar-refractivity contribution in [2.24, 2.45) is 5.92 Å². The average molecular weight is 383 g/mol. The van der Waals surface area contributed by atoms with Gasteiger partial charge in [0, 0.05) is 19.5 Å². The van der Waals surface area contributed by atoms with Crippen LogP contribution in [-0.2, 0) is 11.3 Å². The van der Waals surface area contributed by atoms with Crippen molar-refractivity contribution in [1.82, 2.24) is 14.5 Å². The van der Waals surface area contributed by atoms with Gasteiger partial charge in [-0.2, -0.15) is 0 Å². The molecule has 1 aliphatic heterocycles. The van der Waals surface area contributed by atoms with Crippen LogP contribution >= 0.6 is 0 Å². The maximum absolute atomic E-state index is 12.7. The van der Waals surface area contributed by atoms with Crippen molar-refractivity contribution < 1.29 is 9.90 Å². The minimum atomic E-state index is -0.977. The Bertz CT molecular complexity index is 893. The zero-order chi connectivity index (χ0) is 19.6. The first-order chi connectivity index (χ1) is 13.5. The van der Waals surface area contributed by atoms with Gasteiger partial charge in [-0.3, -0.25) is 14.2 Å². The first-order valence-electron chi connectivity index (χ1n) is 10.5. The van der Waals surface area contributed by atoms with Gasteiger partial charge in [-0.1, -0.05) is 31.4 Å². The van der Waals surface area contributed by atoms with E-state index in [9.17, 15) is 14.7 Å². The van der Waals surface area contributed by atoms with Gasteiger partial charge in [-0.25, -0.2) is 4.98 Å². The van der Waals surface area contributed by atoms with Gasteiger partial charge in [0.25, 0.3) is 5.56 Å². The molecule has 0 radical (unpaired) electrons. The molecule has 0 spiro atoms. The van der Waals surface area contributed by atoms with Crippen molar-refractivity contribution in [1.29, 1.82) is 0 Å². The molecule has 28 heavy (non-hydrogen) atoms. The molecule has 1 aromatic carbocycles. The van der Waals surface area contributed by atoms with Gasteiger partial charge in [0.1, 0.15) is 0 Å². The molecule has 1 saturated carbocycles. The number of aromatic nitrogens is 2. The summed E-state index contributed by atoms with van der Waals surface area (Å²) in [6, 6.07) is 7.25. The van der Waals surface area contributed by atoms with E-state index in [2.05, 4.69) is 4.98 Å². The number of carbonyl (C=O) groups excluding carboxylic acids is 1. The van der Waals surface area contributed by atoms with Crippen LogP contribution in [0.15, 0.2) is 35.4 Å². The second-order valence-corrected chi connectivity index (χ2v) is 8.51. The van der Waals surface area contributed by atoms with Crippen molar-refractivity contribution in [2.45, 2.75) is 63.5 Å². The number of nitrogens with zero attached hydrogens (tertiary/aromatic N) is 3. The van der Waals surface area contributed by atoms with E-state index in [0.29, 0.717) is 49.2 Å². The minimum Gasteiger partial charge on any atom is -0.388 e. The SMILES string of the molecule is O=C(CC1CCCCC1)N1CCC(O)(Cn2cnc3ccccc3c2=O)CC1. The summed E-state index contributed by atoms with van der Waals surface area (Å²) < 4.78 is 1.50. The van der Waals surface area contributed by atoms with Crippen LogP contribution in [0.25, 0.3) is 10.9 Å². The molecule has 0 bridgehead atoms. The number of rotatable bonds is 4. The molecule has 1 aliphatic carbocycles. The predicted octanol–water partition coefficient (Wildman–Crippen LogP) is 2.72. The fourth-order valence-corrected chi connectivity index (χ4v) is 4.63. The number of hydrogen-bond donors (Lipinski definition) is 1. The Morgan fingerprint density at radius 1 is 1.14 bits per heavy atom. The van der Waals surface area contributed by atoms with Crippen molar-refractivity contribution in [2.75, 3.05) is 13.1 Å². The summed E-state index contributed by atoms with van der Waals surface area (Å²) in [6.45, 7) is 1.32. The lowest BCUT2D eigenvalue weighted by Gasteiger charge is -2.39. The summed E-state index contributed by atoms with van der Waals surface area (Å²) >= 11 is 0. The third-order valence-corrected chi connectivity index (χ3v) is 6.43. The summed E-state index contributed by atoms with van der Waals surface area (Å²) in [7, 11) is 0. The Labute approximate surface area is 165 Å². The fraction of sp³-hybridized carbons (Fsp3) is 0.591. The molecular weight excluding hydrogens is 354 g/mol. The molecule has 1 amide bonds. The van der Waals surface area contributed by atoms with Gasteiger partial charge < -0.3 is 10.0 Å². The summed E-state index contributed by atoms with van der Waals surface area (Å²) in [4.78, 5) is 31.5. The second kappa shape index (κ2) is 8.03. The van der Waals surface area contributed by atoms with Crippen LogP contribution in [0.4, 0.5) is 0 Å². The number of fused-ring (bicyclic) bond motifs is 1. The molecule has 0 atom stereocenters. The van der Waals surface area contributed by atoms with Gasteiger partial charge in [-0.05, 0) is 43.7 Å². The van der Waals surface area contributed by atoms with Crippen molar-refractivity contribution in [3.05, 3.63) is 40.9 Å². The van der Waals surface area contributed by atoms with E-state index in [4.69, 9.17) is 0 Å².